The zero-order valence-corrected chi connectivity index (χ0v) is 15.2. The van der Waals surface area contributed by atoms with Crippen molar-refractivity contribution in [3.8, 4) is 0 Å². The van der Waals surface area contributed by atoms with Gasteiger partial charge in [-0.2, -0.15) is 5.10 Å². The Hall–Kier alpha value is -4.20. The Morgan fingerprint density at radius 1 is 1.07 bits per heavy atom. The van der Waals surface area contributed by atoms with Crippen molar-refractivity contribution < 1.29 is 14.7 Å². The van der Waals surface area contributed by atoms with Gasteiger partial charge in [0, 0.05) is 29.5 Å². The van der Waals surface area contributed by atoms with Crippen molar-refractivity contribution in [1.82, 2.24) is 15.2 Å². The minimum Gasteiger partial charge on any atom is -0.477 e. The van der Waals surface area contributed by atoms with Gasteiger partial charge in [0.2, 0.25) is 0 Å². The topological polar surface area (TPSA) is 120 Å². The number of aromatic carboxylic acids is 1. The van der Waals surface area contributed by atoms with E-state index < -0.39 is 5.97 Å². The molecular weight excluding hydrogens is 370 g/mol. The molecule has 2 aromatic heterocycles. The molecule has 8 heteroatoms. The standard InChI is InChI=1S/C21H17N5O3/c27-20(25-15-5-6-17-14(10-15)12-24-26-17)16-3-1-2-4-18(16)23-11-13-7-8-22-19(9-13)21(28)29/h1-10,12,23H,11H2,(H,24,26)(H,25,27)(H,28,29). The number of anilines is 2. The van der Waals surface area contributed by atoms with Crippen LogP contribution in [0.4, 0.5) is 11.4 Å². The number of carbonyl (C=O) groups excluding carboxylic acids is 1. The second kappa shape index (κ2) is 7.81. The van der Waals surface area contributed by atoms with E-state index in [9.17, 15) is 9.59 Å². The number of fused-ring (bicyclic) bond motifs is 1. The Morgan fingerprint density at radius 2 is 1.93 bits per heavy atom. The third-order valence-electron chi connectivity index (χ3n) is 4.40. The lowest BCUT2D eigenvalue weighted by atomic mass is 10.1. The SMILES string of the molecule is O=C(O)c1cc(CNc2ccccc2C(=O)Nc2ccc3[nH]ncc3c2)ccn1. The molecule has 0 aliphatic rings. The number of aromatic amines is 1. The van der Waals surface area contributed by atoms with Gasteiger partial charge in [0.15, 0.2) is 0 Å². The minimum absolute atomic E-state index is 0.0232. The molecule has 2 heterocycles. The summed E-state index contributed by atoms with van der Waals surface area (Å²) in [6.45, 7) is 0.355. The van der Waals surface area contributed by atoms with Crippen LogP contribution >= 0.6 is 0 Å². The first kappa shape index (κ1) is 18.2. The normalized spacial score (nSPS) is 10.6. The highest BCUT2D eigenvalue weighted by atomic mass is 16.4. The lowest BCUT2D eigenvalue weighted by Gasteiger charge is -2.12. The number of pyridine rings is 1. The Bertz CT molecular complexity index is 1200. The van der Waals surface area contributed by atoms with Gasteiger partial charge in [-0.05, 0) is 48.0 Å². The number of rotatable bonds is 6. The van der Waals surface area contributed by atoms with E-state index in [-0.39, 0.29) is 11.6 Å². The number of carbonyl (C=O) groups is 2. The number of carboxylic acids is 1. The van der Waals surface area contributed by atoms with Crippen molar-refractivity contribution in [3.63, 3.8) is 0 Å². The Balaban J connectivity index is 1.50. The summed E-state index contributed by atoms with van der Waals surface area (Å²) in [5.41, 5.74) is 3.40. The number of amides is 1. The quantitative estimate of drug-likeness (QED) is 0.402. The average Bonchev–Trinajstić information content (AvgIpc) is 3.20. The molecule has 4 rings (SSSR count). The molecule has 0 atom stereocenters. The number of carboxylic acid groups (broad SMARTS) is 1. The fourth-order valence-electron chi connectivity index (χ4n) is 2.95. The van der Waals surface area contributed by atoms with Crippen LogP contribution in [0.15, 0.2) is 67.0 Å². The number of benzene rings is 2. The summed E-state index contributed by atoms with van der Waals surface area (Å²) < 4.78 is 0. The van der Waals surface area contributed by atoms with Gasteiger partial charge in [-0.25, -0.2) is 9.78 Å². The molecule has 0 bridgehead atoms. The van der Waals surface area contributed by atoms with Crippen LogP contribution in [-0.2, 0) is 6.54 Å². The molecule has 0 unspecified atom stereocenters. The van der Waals surface area contributed by atoms with E-state index in [1.807, 2.05) is 18.2 Å². The van der Waals surface area contributed by atoms with Gasteiger partial charge in [-0.1, -0.05) is 12.1 Å². The summed E-state index contributed by atoms with van der Waals surface area (Å²) in [5.74, 6) is -1.34. The fraction of sp³-hybridized carbons (Fsp3) is 0.0476. The lowest BCUT2D eigenvalue weighted by molar-refractivity contribution is 0.0690. The second-order valence-electron chi connectivity index (χ2n) is 6.38. The summed E-state index contributed by atoms with van der Waals surface area (Å²) in [6, 6.07) is 15.9. The molecule has 4 aromatic rings. The monoisotopic (exact) mass is 387 g/mol. The van der Waals surface area contributed by atoms with E-state index in [0.717, 1.165) is 16.5 Å². The van der Waals surface area contributed by atoms with Crippen LogP contribution in [0.2, 0.25) is 0 Å². The predicted octanol–water partition coefficient (Wildman–Crippen LogP) is 3.52. The average molecular weight is 387 g/mol. The van der Waals surface area contributed by atoms with Gasteiger partial charge in [0.1, 0.15) is 5.69 Å². The molecular formula is C21H17N5O3. The third kappa shape index (κ3) is 4.06. The highest BCUT2D eigenvalue weighted by molar-refractivity contribution is 6.08. The summed E-state index contributed by atoms with van der Waals surface area (Å²) in [6.07, 6.45) is 3.14. The maximum absolute atomic E-state index is 12.8. The van der Waals surface area contributed by atoms with Gasteiger partial charge in [-0.15, -0.1) is 0 Å². The molecule has 0 fully saturated rings. The zero-order chi connectivity index (χ0) is 20.2. The molecule has 0 aliphatic carbocycles. The van der Waals surface area contributed by atoms with Crippen LogP contribution in [0.25, 0.3) is 10.9 Å². The zero-order valence-electron chi connectivity index (χ0n) is 15.2. The van der Waals surface area contributed by atoms with Crippen LogP contribution in [0.5, 0.6) is 0 Å². The number of nitrogens with zero attached hydrogens (tertiary/aromatic N) is 2. The van der Waals surface area contributed by atoms with Crippen molar-refractivity contribution in [2.24, 2.45) is 0 Å². The van der Waals surface area contributed by atoms with E-state index >= 15 is 0 Å². The van der Waals surface area contributed by atoms with Crippen molar-refractivity contribution in [3.05, 3.63) is 83.8 Å². The van der Waals surface area contributed by atoms with Crippen LogP contribution in [0, 0.1) is 0 Å². The van der Waals surface area contributed by atoms with Gasteiger partial charge >= 0.3 is 5.97 Å². The smallest absolute Gasteiger partial charge is 0.354 e. The minimum atomic E-state index is -1.08. The molecule has 0 saturated heterocycles. The first-order valence-electron chi connectivity index (χ1n) is 8.86. The first-order valence-corrected chi connectivity index (χ1v) is 8.86. The number of H-pyrrole nitrogens is 1. The van der Waals surface area contributed by atoms with Crippen molar-refractivity contribution in [2.75, 3.05) is 10.6 Å². The Morgan fingerprint density at radius 3 is 2.79 bits per heavy atom. The molecule has 0 saturated carbocycles. The van der Waals surface area contributed by atoms with Crippen LogP contribution < -0.4 is 10.6 Å². The Kier molecular flexibility index (Phi) is 4.90. The lowest BCUT2D eigenvalue weighted by Crippen LogP contribution is -2.15. The largest absolute Gasteiger partial charge is 0.477 e. The summed E-state index contributed by atoms with van der Waals surface area (Å²) in [4.78, 5) is 27.7. The maximum Gasteiger partial charge on any atom is 0.354 e. The molecule has 0 aliphatic heterocycles. The number of para-hydroxylation sites is 1. The van der Waals surface area contributed by atoms with Crippen molar-refractivity contribution in [1.29, 1.82) is 0 Å². The number of nitrogens with one attached hydrogen (secondary N) is 3. The molecule has 1 amide bonds. The summed E-state index contributed by atoms with van der Waals surface area (Å²) >= 11 is 0. The maximum atomic E-state index is 12.8. The van der Waals surface area contributed by atoms with Gasteiger partial charge in [0.25, 0.3) is 5.91 Å². The summed E-state index contributed by atoms with van der Waals surface area (Å²) in [5, 5.41) is 22.9. The number of hydrogen-bond donors (Lipinski definition) is 4. The van der Waals surface area contributed by atoms with Crippen LogP contribution in [0.1, 0.15) is 26.4 Å². The third-order valence-corrected chi connectivity index (χ3v) is 4.40. The Labute approximate surface area is 165 Å². The highest BCUT2D eigenvalue weighted by Gasteiger charge is 2.12. The van der Waals surface area contributed by atoms with E-state index in [0.29, 0.717) is 23.5 Å². The van der Waals surface area contributed by atoms with Crippen molar-refractivity contribution >= 4 is 34.2 Å². The van der Waals surface area contributed by atoms with Gasteiger partial charge in [0.05, 0.1) is 17.3 Å². The number of aromatic nitrogens is 3. The molecule has 0 spiro atoms. The van der Waals surface area contributed by atoms with Gasteiger partial charge < -0.3 is 15.7 Å². The number of hydrogen-bond acceptors (Lipinski definition) is 5. The first-order chi connectivity index (χ1) is 14.1. The molecule has 2 aromatic carbocycles. The van der Waals surface area contributed by atoms with E-state index in [4.69, 9.17) is 5.11 Å². The van der Waals surface area contributed by atoms with Crippen molar-refractivity contribution in [2.45, 2.75) is 6.54 Å². The molecule has 0 radical (unpaired) electrons. The van der Waals surface area contributed by atoms with E-state index in [1.54, 1.807) is 36.5 Å². The fourth-order valence-corrected chi connectivity index (χ4v) is 2.95. The predicted molar refractivity (Wildman–Crippen MR) is 109 cm³/mol. The van der Waals surface area contributed by atoms with Gasteiger partial charge in [-0.3, -0.25) is 9.89 Å². The molecule has 29 heavy (non-hydrogen) atoms. The highest BCUT2D eigenvalue weighted by Crippen LogP contribution is 2.21. The molecule has 8 nitrogen and oxygen atoms in total. The summed E-state index contributed by atoms with van der Waals surface area (Å²) in [7, 11) is 0. The second-order valence-corrected chi connectivity index (χ2v) is 6.38. The molecule has 4 N–H and O–H groups in total. The van der Waals surface area contributed by atoms with Crippen LogP contribution in [0.3, 0.4) is 0 Å². The van der Waals surface area contributed by atoms with E-state index in [2.05, 4.69) is 25.8 Å². The van der Waals surface area contributed by atoms with Crippen LogP contribution in [-0.4, -0.2) is 32.2 Å². The molecule has 144 valence electrons. The van der Waals surface area contributed by atoms with E-state index in [1.165, 1.54) is 12.3 Å².